The third-order valence-electron chi connectivity index (χ3n) is 5.52. The first-order valence-electron chi connectivity index (χ1n) is 9.25. The Hall–Kier alpha value is -3.41. The van der Waals surface area contributed by atoms with Crippen LogP contribution in [0.3, 0.4) is 0 Å². The number of nitriles is 1. The van der Waals surface area contributed by atoms with E-state index in [9.17, 15) is 18.0 Å². The van der Waals surface area contributed by atoms with E-state index in [-0.39, 0.29) is 29.3 Å². The third-order valence-corrected chi connectivity index (χ3v) is 5.52. The minimum atomic E-state index is -1.68. The molecule has 0 unspecified atom stereocenters. The summed E-state index contributed by atoms with van der Waals surface area (Å²) < 4.78 is 48.5. The first-order chi connectivity index (χ1) is 14.3. The standard InChI is InChI=1S/C21H17F3N4O2/c1-10-2-12(7-25)8-27-19(10)16(29)5-11-3-14(18(24)15(23)4-11)21(9-22)13-6-17(13)30-20(26)28-21/h2-4,8,13,17H,5-6,9H2,1H3,(H2,26,28)/t13-,17+,21-/m0/s1. The number of ketones is 1. The van der Waals surface area contributed by atoms with Gasteiger partial charge in [0.25, 0.3) is 6.02 Å². The van der Waals surface area contributed by atoms with Gasteiger partial charge >= 0.3 is 0 Å². The van der Waals surface area contributed by atoms with Gasteiger partial charge in [0.2, 0.25) is 0 Å². The van der Waals surface area contributed by atoms with Crippen LogP contribution >= 0.6 is 0 Å². The lowest BCUT2D eigenvalue weighted by molar-refractivity contribution is 0.0987. The number of fused-ring (bicyclic) bond motifs is 1. The average Bonchev–Trinajstić information content (AvgIpc) is 3.49. The zero-order chi connectivity index (χ0) is 21.6. The van der Waals surface area contributed by atoms with Gasteiger partial charge in [-0.2, -0.15) is 5.26 Å². The van der Waals surface area contributed by atoms with Crippen LogP contribution in [0.5, 0.6) is 0 Å². The second-order valence-corrected chi connectivity index (χ2v) is 7.55. The van der Waals surface area contributed by atoms with Crippen molar-refractivity contribution in [2.75, 3.05) is 6.67 Å². The first kappa shape index (κ1) is 19.9. The number of aromatic nitrogens is 1. The smallest absolute Gasteiger partial charge is 0.283 e. The summed E-state index contributed by atoms with van der Waals surface area (Å²) in [6.45, 7) is 0.546. The molecular formula is C21H17F3N4O2. The molecule has 2 aliphatic rings. The van der Waals surface area contributed by atoms with Gasteiger partial charge in [0.15, 0.2) is 17.4 Å². The van der Waals surface area contributed by atoms with E-state index in [2.05, 4.69) is 9.98 Å². The minimum Gasteiger partial charge on any atom is -0.462 e. The Morgan fingerprint density at radius 1 is 1.40 bits per heavy atom. The van der Waals surface area contributed by atoms with E-state index < -0.39 is 41.7 Å². The fraction of sp³-hybridized carbons (Fsp3) is 0.333. The van der Waals surface area contributed by atoms with Crippen molar-refractivity contribution < 1.29 is 22.7 Å². The molecule has 1 aromatic carbocycles. The second-order valence-electron chi connectivity index (χ2n) is 7.55. The van der Waals surface area contributed by atoms with E-state index in [0.29, 0.717) is 17.5 Å². The van der Waals surface area contributed by atoms with Crippen molar-refractivity contribution in [1.29, 1.82) is 5.26 Å². The summed E-state index contributed by atoms with van der Waals surface area (Å²) in [5, 5.41) is 8.92. The van der Waals surface area contributed by atoms with E-state index in [1.807, 2.05) is 6.07 Å². The van der Waals surface area contributed by atoms with E-state index in [1.54, 1.807) is 6.92 Å². The molecule has 0 bridgehead atoms. The number of ether oxygens (including phenoxy) is 1. The van der Waals surface area contributed by atoms with Gasteiger partial charge in [0.05, 0.1) is 5.56 Å². The van der Waals surface area contributed by atoms with E-state index in [0.717, 1.165) is 6.07 Å². The highest BCUT2D eigenvalue weighted by Crippen LogP contribution is 2.53. The Morgan fingerprint density at radius 2 is 2.17 bits per heavy atom. The number of pyridine rings is 1. The highest BCUT2D eigenvalue weighted by Gasteiger charge is 2.60. The molecule has 4 rings (SSSR count). The summed E-state index contributed by atoms with van der Waals surface area (Å²) in [5.41, 5.74) is 4.73. The van der Waals surface area contributed by atoms with Crippen molar-refractivity contribution in [3.05, 3.63) is 64.0 Å². The summed E-state index contributed by atoms with van der Waals surface area (Å²) in [6.07, 6.45) is 1.02. The molecule has 1 saturated carbocycles. The van der Waals surface area contributed by atoms with Gasteiger partial charge in [-0.1, -0.05) is 0 Å². The molecule has 9 heteroatoms. The Bertz CT molecular complexity index is 1130. The summed E-state index contributed by atoms with van der Waals surface area (Å²) in [5.74, 6) is -3.33. The summed E-state index contributed by atoms with van der Waals surface area (Å²) >= 11 is 0. The van der Waals surface area contributed by atoms with Crippen LogP contribution in [-0.4, -0.2) is 29.6 Å². The molecule has 2 heterocycles. The summed E-state index contributed by atoms with van der Waals surface area (Å²) in [4.78, 5) is 20.7. The SMILES string of the molecule is Cc1cc(C#N)cnc1C(=O)Cc1cc(F)c(F)c([C@@]2(CF)N=C(N)O[C@@H]3C[C@@H]32)c1. The van der Waals surface area contributed by atoms with Crippen LogP contribution in [0.1, 0.15) is 39.2 Å². The lowest BCUT2D eigenvalue weighted by Crippen LogP contribution is -2.40. The molecule has 30 heavy (non-hydrogen) atoms. The summed E-state index contributed by atoms with van der Waals surface area (Å²) in [6, 6.07) is 5.33. The van der Waals surface area contributed by atoms with E-state index >= 15 is 0 Å². The maximum absolute atomic E-state index is 14.7. The number of hydrogen-bond acceptors (Lipinski definition) is 6. The van der Waals surface area contributed by atoms with Crippen molar-refractivity contribution in [1.82, 2.24) is 4.98 Å². The molecule has 1 fully saturated rings. The average molecular weight is 414 g/mol. The molecule has 0 radical (unpaired) electrons. The molecule has 154 valence electrons. The third kappa shape index (κ3) is 3.18. The Labute approximate surface area is 170 Å². The number of aryl methyl sites for hydroxylation is 1. The highest BCUT2D eigenvalue weighted by atomic mass is 19.2. The second kappa shape index (κ2) is 7.13. The maximum Gasteiger partial charge on any atom is 0.283 e. The number of benzene rings is 1. The Kier molecular flexibility index (Phi) is 4.73. The Morgan fingerprint density at radius 3 is 2.83 bits per heavy atom. The number of hydrogen-bond donors (Lipinski definition) is 1. The molecule has 0 amide bonds. The van der Waals surface area contributed by atoms with Crippen LogP contribution in [-0.2, 0) is 16.7 Å². The van der Waals surface area contributed by atoms with Crippen LogP contribution in [0.2, 0.25) is 0 Å². The van der Waals surface area contributed by atoms with Gasteiger partial charge in [-0.3, -0.25) is 9.78 Å². The molecule has 0 saturated heterocycles. The van der Waals surface area contributed by atoms with Gasteiger partial charge in [-0.05, 0) is 42.7 Å². The number of nitrogens with two attached hydrogens (primary N) is 1. The van der Waals surface area contributed by atoms with Crippen LogP contribution in [0.25, 0.3) is 0 Å². The summed E-state index contributed by atoms with van der Waals surface area (Å²) in [7, 11) is 0. The monoisotopic (exact) mass is 414 g/mol. The number of Topliss-reactive ketones (excluding diaryl/α,β-unsaturated/α-hetero) is 1. The number of halogens is 3. The topological polar surface area (TPSA) is 101 Å². The van der Waals surface area contributed by atoms with Gasteiger partial charge in [0, 0.05) is 24.1 Å². The Balaban J connectivity index is 1.72. The zero-order valence-corrected chi connectivity index (χ0v) is 16.0. The fourth-order valence-electron chi connectivity index (χ4n) is 3.99. The van der Waals surface area contributed by atoms with Crippen LogP contribution < -0.4 is 5.73 Å². The molecule has 2 N–H and O–H groups in total. The van der Waals surface area contributed by atoms with Crippen molar-refractivity contribution in [2.24, 2.45) is 16.6 Å². The fourth-order valence-corrected chi connectivity index (χ4v) is 3.99. The number of carbonyl (C=O) groups excluding carboxylic acids is 1. The number of aliphatic imine (C=N–C) groups is 1. The molecule has 1 aliphatic heterocycles. The lowest BCUT2D eigenvalue weighted by atomic mass is 9.84. The molecule has 2 aromatic rings. The van der Waals surface area contributed by atoms with Crippen LogP contribution in [0, 0.1) is 35.8 Å². The minimum absolute atomic E-state index is 0.121. The molecule has 1 aromatic heterocycles. The molecule has 3 atom stereocenters. The number of amidine groups is 1. The predicted octanol–water partition coefficient (Wildman–Crippen LogP) is 2.86. The number of carbonyl (C=O) groups is 1. The van der Waals surface area contributed by atoms with Gasteiger partial charge in [0.1, 0.15) is 30.1 Å². The van der Waals surface area contributed by atoms with Gasteiger partial charge in [-0.25, -0.2) is 18.2 Å². The highest BCUT2D eigenvalue weighted by molar-refractivity contribution is 5.97. The van der Waals surface area contributed by atoms with Crippen molar-refractivity contribution >= 4 is 11.8 Å². The normalized spacial score (nSPS) is 24.3. The van der Waals surface area contributed by atoms with Crippen molar-refractivity contribution in [2.45, 2.75) is 31.4 Å². The number of nitrogens with zero attached hydrogens (tertiary/aromatic N) is 3. The predicted molar refractivity (Wildman–Crippen MR) is 100 cm³/mol. The number of rotatable bonds is 5. The molecule has 0 spiro atoms. The van der Waals surface area contributed by atoms with E-state index in [4.69, 9.17) is 15.7 Å². The van der Waals surface area contributed by atoms with Gasteiger partial charge < -0.3 is 10.5 Å². The molecular weight excluding hydrogens is 397 g/mol. The van der Waals surface area contributed by atoms with Crippen LogP contribution in [0.4, 0.5) is 13.2 Å². The van der Waals surface area contributed by atoms with E-state index in [1.165, 1.54) is 18.3 Å². The zero-order valence-electron chi connectivity index (χ0n) is 16.0. The van der Waals surface area contributed by atoms with Gasteiger partial charge in [-0.15, -0.1) is 0 Å². The van der Waals surface area contributed by atoms with Crippen LogP contribution in [0.15, 0.2) is 29.4 Å². The largest absolute Gasteiger partial charge is 0.462 e. The molecule has 6 nitrogen and oxygen atoms in total. The molecule has 1 aliphatic carbocycles. The van der Waals surface area contributed by atoms with Crippen molar-refractivity contribution in [3.63, 3.8) is 0 Å². The lowest BCUT2D eigenvalue weighted by Gasteiger charge is -2.31. The number of alkyl halides is 1. The maximum atomic E-state index is 14.7. The quantitative estimate of drug-likeness (QED) is 0.758. The first-order valence-corrected chi connectivity index (χ1v) is 9.25. The van der Waals surface area contributed by atoms with Crippen molar-refractivity contribution in [3.8, 4) is 6.07 Å².